The molecule has 0 unspecified atom stereocenters. The molecule has 0 saturated heterocycles. The number of para-hydroxylation sites is 2. The Labute approximate surface area is 244 Å². The van der Waals surface area contributed by atoms with Crippen LogP contribution in [0, 0.1) is 0 Å². The third kappa shape index (κ3) is 6.60. The van der Waals surface area contributed by atoms with Crippen molar-refractivity contribution in [2.24, 2.45) is 4.99 Å². The Morgan fingerprint density at radius 1 is 0.805 bits per heavy atom. The van der Waals surface area contributed by atoms with Crippen molar-refractivity contribution in [3.05, 3.63) is 103 Å². The Kier molecular flexibility index (Phi) is 7.70. The van der Waals surface area contributed by atoms with Crippen molar-refractivity contribution in [2.45, 2.75) is 9.50 Å². The third-order valence-corrected chi connectivity index (χ3v) is 7.74. The van der Waals surface area contributed by atoms with E-state index in [1.807, 2.05) is 78.9 Å². The first-order valence-corrected chi connectivity index (χ1v) is 14.1. The molecule has 6 aromatic rings. The Hall–Kier alpha value is -5.00. The highest BCUT2D eigenvalue weighted by atomic mass is 32.2. The van der Waals surface area contributed by atoms with E-state index in [9.17, 15) is 5.11 Å². The van der Waals surface area contributed by atoms with E-state index in [0.29, 0.717) is 28.4 Å². The Morgan fingerprint density at radius 3 is 2.15 bits per heavy atom. The van der Waals surface area contributed by atoms with Gasteiger partial charge in [-0.05, 0) is 72.4 Å². The fourth-order valence-corrected chi connectivity index (χ4v) is 5.77. The largest absolute Gasteiger partial charge is 0.507 e. The first-order valence-electron chi connectivity index (χ1n) is 12.5. The average molecular weight is 578 g/mol. The van der Waals surface area contributed by atoms with Crippen molar-refractivity contribution >= 4 is 68.5 Å². The lowest BCUT2D eigenvalue weighted by atomic mass is 10.2. The lowest BCUT2D eigenvalue weighted by molar-refractivity contribution is 0.412. The number of thiazole rings is 1. The first kappa shape index (κ1) is 26.2. The lowest BCUT2D eigenvalue weighted by Crippen LogP contribution is -2.05. The van der Waals surface area contributed by atoms with E-state index in [0.717, 1.165) is 31.6 Å². The van der Waals surface area contributed by atoms with E-state index in [1.165, 1.54) is 23.1 Å². The molecule has 0 amide bonds. The van der Waals surface area contributed by atoms with Gasteiger partial charge in [0, 0.05) is 23.2 Å². The summed E-state index contributed by atoms with van der Waals surface area (Å²) in [6, 6.07) is 30.3. The molecule has 3 N–H and O–H groups in total. The van der Waals surface area contributed by atoms with Crippen LogP contribution in [0.1, 0.15) is 5.56 Å². The molecule has 0 radical (unpaired) electrons. The Morgan fingerprint density at radius 2 is 1.49 bits per heavy atom. The van der Waals surface area contributed by atoms with Gasteiger partial charge < -0.3 is 20.5 Å². The second-order valence-corrected chi connectivity index (χ2v) is 10.9. The summed E-state index contributed by atoms with van der Waals surface area (Å²) in [5, 5.41) is 17.2. The maximum absolute atomic E-state index is 10.1. The minimum atomic E-state index is 0.131. The predicted octanol–water partition coefficient (Wildman–Crippen LogP) is 7.58. The highest BCUT2D eigenvalue weighted by molar-refractivity contribution is 8.01. The molecule has 0 saturated carbocycles. The molecule has 41 heavy (non-hydrogen) atoms. The molecule has 6 rings (SSSR count). The van der Waals surface area contributed by atoms with Crippen LogP contribution in [0.3, 0.4) is 0 Å². The zero-order valence-corrected chi connectivity index (χ0v) is 23.4. The Bertz CT molecular complexity index is 1770. The van der Waals surface area contributed by atoms with Crippen molar-refractivity contribution in [2.75, 3.05) is 17.7 Å². The molecule has 0 spiro atoms. The minimum absolute atomic E-state index is 0.131. The number of phenols is 1. The van der Waals surface area contributed by atoms with Crippen molar-refractivity contribution < 1.29 is 9.84 Å². The Balaban J connectivity index is 1.26. The maximum atomic E-state index is 10.1. The van der Waals surface area contributed by atoms with Crippen molar-refractivity contribution in [1.82, 2.24) is 19.9 Å². The number of nitrogens with zero attached hydrogens (tertiary/aromatic N) is 5. The maximum Gasteiger partial charge on any atom is 0.233 e. The fourth-order valence-electron chi connectivity index (χ4n) is 3.82. The van der Waals surface area contributed by atoms with Gasteiger partial charge in [0.1, 0.15) is 11.5 Å². The summed E-state index contributed by atoms with van der Waals surface area (Å²) in [5.74, 6) is 1.62. The number of hydrogen-bond donors (Lipinski definition) is 3. The van der Waals surface area contributed by atoms with Gasteiger partial charge >= 0.3 is 0 Å². The summed E-state index contributed by atoms with van der Waals surface area (Å²) in [7, 11) is 1.58. The molecule has 0 aliphatic carbocycles. The molecule has 9 nitrogen and oxygen atoms in total. The third-order valence-electron chi connectivity index (χ3n) is 5.79. The van der Waals surface area contributed by atoms with Crippen molar-refractivity contribution in [3.63, 3.8) is 0 Å². The van der Waals surface area contributed by atoms with Gasteiger partial charge in [0.25, 0.3) is 0 Å². The number of phenolic OH excluding ortho intramolecular Hbond substituents is 1. The first-order chi connectivity index (χ1) is 20.1. The summed E-state index contributed by atoms with van der Waals surface area (Å²) < 4.78 is 7.00. The van der Waals surface area contributed by atoms with Crippen molar-refractivity contribution in [1.29, 1.82) is 0 Å². The number of aliphatic imine (C=N–C) groups is 1. The second-order valence-electron chi connectivity index (χ2n) is 8.66. The van der Waals surface area contributed by atoms with Crippen LogP contribution in [0.25, 0.3) is 10.2 Å². The molecule has 0 bridgehead atoms. The average Bonchev–Trinajstić information content (AvgIpc) is 3.39. The highest BCUT2D eigenvalue weighted by Crippen LogP contribution is 2.35. The van der Waals surface area contributed by atoms with Gasteiger partial charge in [-0.3, -0.25) is 4.99 Å². The van der Waals surface area contributed by atoms with Gasteiger partial charge in [-0.25, -0.2) is 4.98 Å². The van der Waals surface area contributed by atoms with Gasteiger partial charge in [0.2, 0.25) is 17.1 Å². The lowest BCUT2D eigenvalue weighted by Gasteiger charge is -2.09. The van der Waals surface area contributed by atoms with E-state index in [-0.39, 0.29) is 5.75 Å². The van der Waals surface area contributed by atoms with E-state index in [4.69, 9.17) is 9.72 Å². The predicted molar refractivity (Wildman–Crippen MR) is 165 cm³/mol. The zero-order chi connectivity index (χ0) is 28.0. The quantitative estimate of drug-likeness (QED) is 0.149. The normalized spacial score (nSPS) is 11.1. The summed E-state index contributed by atoms with van der Waals surface area (Å²) in [4.78, 5) is 23.1. The van der Waals surface area contributed by atoms with Gasteiger partial charge in [-0.2, -0.15) is 15.0 Å². The number of rotatable bonds is 9. The molecule has 0 atom stereocenters. The standard InChI is InChI=1S/C30H23N7O2S2/c1-39-23-13-15-25(38)19(16-23)18-31-22-12-14-24-26(17-22)40-30(34-24)41-29-36-27(32-20-8-4-2-5-9-20)35-28(37-29)33-21-10-6-3-7-11-21/h2-18,38H,1H3,(H2,32,33,35,36,37). The van der Waals surface area contributed by atoms with Crippen LogP contribution in [-0.4, -0.2) is 38.4 Å². The molecule has 2 aromatic heterocycles. The molecule has 0 aliphatic heterocycles. The molecule has 0 fully saturated rings. The van der Waals surface area contributed by atoms with Gasteiger partial charge in [-0.1, -0.05) is 36.4 Å². The smallest absolute Gasteiger partial charge is 0.233 e. The summed E-state index contributed by atoms with van der Waals surface area (Å²) in [6.45, 7) is 0. The molecule has 2 heterocycles. The van der Waals surface area contributed by atoms with Crippen LogP contribution in [-0.2, 0) is 0 Å². The number of nitrogens with one attached hydrogen (secondary N) is 2. The molecule has 0 aliphatic rings. The molecule has 4 aromatic carbocycles. The van der Waals surface area contributed by atoms with Crippen molar-refractivity contribution in [3.8, 4) is 11.5 Å². The van der Waals surface area contributed by atoms with Gasteiger partial charge in [-0.15, -0.1) is 11.3 Å². The minimum Gasteiger partial charge on any atom is -0.507 e. The topological polar surface area (TPSA) is 117 Å². The zero-order valence-electron chi connectivity index (χ0n) is 21.7. The van der Waals surface area contributed by atoms with E-state index < -0.39 is 0 Å². The highest BCUT2D eigenvalue weighted by Gasteiger charge is 2.13. The monoisotopic (exact) mass is 577 g/mol. The van der Waals surface area contributed by atoms with Crippen LogP contribution in [0.2, 0.25) is 0 Å². The number of aromatic nitrogens is 4. The summed E-state index contributed by atoms with van der Waals surface area (Å²) in [6.07, 6.45) is 1.61. The number of hydrogen-bond acceptors (Lipinski definition) is 11. The number of methoxy groups -OCH3 is 1. The van der Waals surface area contributed by atoms with Gasteiger partial charge in [0.05, 0.1) is 23.0 Å². The summed E-state index contributed by atoms with van der Waals surface area (Å²) in [5.41, 5.74) is 3.90. The molecule has 11 heteroatoms. The number of ether oxygens (including phenoxy) is 1. The molecule has 202 valence electrons. The van der Waals surface area contributed by atoms with Crippen LogP contribution in [0.4, 0.5) is 29.0 Å². The van der Waals surface area contributed by atoms with E-state index in [1.54, 1.807) is 31.5 Å². The SMILES string of the molecule is COc1ccc(O)c(C=Nc2ccc3nc(Sc4nc(Nc5ccccc5)nc(Nc5ccccc5)n4)sc3c2)c1. The van der Waals surface area contributed by atoms with Crippen LogP contribution in [0.15, 0.2) is 112 Å². The molecular formula is C30H23N7O2S2. The van der Waals surface area contributed by atoms with Gasteiger partial charge in [0.15, 0.2) is 4.34 Å². The number of anilines is 4. The van der Waals surface area contributed by atoms with Crippen LogP contribution < -0.4 is 15.4 Å². The van der Waals surface area contributed by atoms with Crippen LogP contribution >= 0.6 is 23.1 Å². The second kappa shape index (κ2) is 12.0. The number of fused-ring (bicyclic) bond motifs is 1. The number of benzene rings is 4. The fraction of sp³-hybridized carbons (Fsp3) is 0.0333. The van der Waals surface area contributed by atoms with Crippen LogP contribution in [0.5, 0.6) is 11.5 Å². The summed E-state index contributed by atoms with van der Waals surface area (Å²) >= 11 is 2.89. The molecular weight excluding hydrogens is 555 g/mol. The van der Waals surface area contributed by atoms with E-state index >= 15 is 0 Å². The number of aromatic hydroxyl groups is 1. The van der Waals surface area contributed by atoms with E-state index in [2.05, 4.69) is 30.6 Å².